The first-order chi connectivity index (χ1) is 27.4. The molecule has 0 saturated heterocycles. The summed E-state index contributed by atoms with van der Waals surface area (Å²) in [5.74, 6) is 0.683. The molecule has 1 unspecified atom stereocenters. The molecule has 59 heavy (non-hydrogen) atoms. The Hall–Kier alpha value is -3.15. The van der Waals surface area contributed by atoms with Gasteiger partial charge in [-0.2, -0.15) is 0 Å². The monoisotopic (exact) mass is 833 g/mol. The molecular weight excluding hydrogens is 766 g/mol. The van der Waals surface area contributed by atoms with Gasteiger partial charge in [-0.05, 0) is 143 Å². The van der Waals surface area contributed by atoms with Gasteiger partial charge in [0.15, 0.2) is 17.4 Å². The van der Waals surface area contributed by atoms with Gasteiger partial charge in [0.2, 0.25) is 0 Å². The van der Waals surface area contributed by atoms with Gasteiger partial charge in [0.05, 0.1) is 16.9 Å². The Bertz CT molecular complexity index is 2020. The molecular formula is C47H68ClN5O6. The fraction of sp³-hybridized carbons (Fsp3) is 0.745. The molecule has 4 saturated carbocycles. The summed E-state index contributed by atoms with van der Waals surface area (Å²) < 4.78 is 8.20. The van der Waals surface area contributed by atoms with Gasteiger partial charge in [-0.25, -0.2) is 0 Å². The van der Waals surface area contributed by atoms with Crippen LogP contribution in [0.1, 0.15) is 138 Å². The second-order valence-corrected chi connectivity index (χ2v) is 22.1. The first-order valence-electron chi connectivity index (χ1n) is 22.0. The van der Waals surface area contributed by atoms with Crippen LogP contribution in [0.25, 0.3) is 11.5 Å². The Kier molecular flexibility index (Phi) is 11.2. The lowest BCUT2D eigenvalue weighted by atomic mass is 9.33. The van der Waals surface area contributed by atoms with E-state index < -0.39 is 28.9 Å². The summed E-state index contributed by atoms with van der Waals surface area (Å²) in [4.78, 5) is 46.1. The highest BCUT2D eigenvalue weighted by atomic mass is 35.5. The summed E-state index contributed by atoms with van der Waals surface area (Å²) >= 11 is 6.21. The lowest BCUT2D eigenvalue weighted by molar-refractivity contribution is -0.235. The number of pyridine rings is 1. The number of carboxylic acid groups (broad SMARTS) is 1. The predicted octanol–water partition coefficient (Wildman–Crippen LogP) is 8.98. The molecule has 11 nitrogen and oxygen atoms in total. The topological polar surface area (TPSA) is 148 Å². The Labute approximate surface area is 356 Å². The fourth-order valence-corrected chi connectivity index (χ4v) is 13.9. The van der Waals surface area contributed by atoms with Gasteiger partial charge in [-0.1, -0.05) is 60.1 Å². The van der Waals surface area contributed by atoms with Crippen LogP contribution in [-0.2, 0) is 25.7 Å². The molecule has 2 aromatic rings. The van der Waals surface area contributed by atoms with Crippen molar-refractivity contribution in [2.75, 3.05) is 20.6 Å². The third kappa shape index (κ3) is 6.82. The third-order valence-corrected chi connectivity index (χ3v) is 17.4. The zero-order valence-electron chi connectivity index (χ0n) is 37.3. The van der Waals surface area contributed by atoms with Crippen LogP contribution < -0.4 is 0 Å². The van der Waals surface area contributed by atoms with E-state index in [-0.39, 0.29) is 58.2 Å². The van der Waals surface area contributed by atoms with Crippen molar-refractivity contribution in [3.8, 4) is 11.5 Å². The molecule has 2 heterocycles. The Morgan fingerprint density at radius 3 is 2.32 bits per heavy atom. The number of esters is 1. The van der Waals surface area contributed by atoms with Crippen LogP contribution in [0.2, 0.25) is 5.02 Å². The number of aliphatic hydroxyl groups excluding tert-OH is 1. The van der Waals surface area contributed by atoms with Gasteiger partial charge in [-0.3, -0.25) is 19.4 Å². The number of aliphatic hydroxyl groups is 1. The minimum Gasteiger partial charge on any atom is -0.481 e. The average molecular weight is 835 g/mol. The van der Waals surface area contributed by atoms with E-state index in [9.17, 15) is 24.6 Å². The number of aliphatic carboxylic acids is 1. The normalized spacial score (nSPS) is 34.6. The van der Waals surface area contributed by atoms with E-state index in [1.807, 2.05) is 24.7 Å². The van der Waals surface area contributed by atoms with Crippen molar-refractivity contribution in [2.24, 2.45) is 56.2 Å². The Balaban J connectivity index is 1.23. The van der Waals surface area contributed by atoms with Crippen LogP contribution in [0.5, 0.6) is 0 Å². The number of carbonyl (C=O) groups excluding carboxylic acids is 2. The van der Waals surface area contributed by atoms with Crippen LogP contribution in [0.4, 0.5) is 0 Å². The highest BCUT2D eigenvalue weighted by Gasteiger charge is 2.71. The summed E-state index contributed by atoms with van der Waals surface area (Å²) in [6.45, 7) is 20.7. The number of hydrogen-bond acceptors (Lipinski definition) is 9. The van der Waals surface area contributed by atoms with Gasteiger partial charge in [0, 0.05) is 36.5 Å². The van der Waals surface area contributed by atoms with Gasteiger partial charge >= 0.3 is 11.9 Å². The molecule has 12 heteroatoms. The largest absolute Gasteiger partial charge is 0.481 e. The van der Waals surface area contributed by atoms with Gasteiger partial charge in [0.25, 0.3) is 0 Å². The number of carbonyl (C=O) groups is 3. The van der Waals surface area contributed by atoms with Crippen molar-refractivity contribution in [3.63, 3.8) is 0 Å². The molecule has 0 aliphatic heterocycles. The molecule has 324 valence electrons. The van der Waals surface area contributed by atoms with Crippen LogP contribution in [0.15, 0.2) is 29.5 Å². The summed E-state index contributed by atoms with van der Waals surface area (Å²) in [5, 5.41) is 32.5. The number of carboxylic acids is 1. The molecule has 9 atom stereocenters. The number of fused-ring (bicyclic) bond motifs is 7. The maximum absolute atomic E-state index is 14.4. The van der Waals surface area contributed by atoms with Gasteiger partial charge < -0.3 is 24.4 Å². The number of aromatic nitrogens is 4. The van der Waals surface area contributed by atoms with Crippen molar-refractivity contribution in [3.05, 3.63) is 40.3 Å². The quantitative estimate of drug-likeness (QED) is 0.210. The van der Waals surface area contributed by atoms with Crippen molar-refractivity contribution in [2.45, 2.75) is 145 Å². The van der Waals surface area contributed by atoms with Crippen LogP contribution in [0, 0.1) is 56.2 Å². The third-order valence-electron chi connectivity index (χ3n) is 17.1. The molecule has 0 amide bonds. The summed E-state index contributed by atoms with van der Waals surface area (Å²) in [7, 11) is 4.04. The van der Waals surface area contributed by atoms with E-state index in [0.717, 1.165) is 50.5 Å². The first kappa shape index (κ1) is 43.9. The van der Waals surface area contributed by atoms with Crippen molar-refractivity contribution in [1.29, 1.82) is 0 Å². The zero-order valence-corrected chi connectivity index (χ0v) is 38.1. The number of ether oxygens (including phenoxy) is 1. The molecule has 5 aliphatic carbocycles. The fourth-order valence-electron chi connectivity index (χ4n) is 13.8. The molecule has 2 N–H and O–H groups in total. The number of allylic oxidation sites excluding steroid dienone is 1. The maximum atomic E-state index is 14.4. The number of likely N-dealkylation sites (N-methyl/N-ethyl adjacent to an activating group) is 1. The lowest BCUT2D eigenvalue weighted by Crippen LogP contribution is -2.66. The molecule has 0 aromatic carbocycles. The smallest absolute Gasteiger partial charge is 0.309 e. The number of Topliss-reactive ketones (excluding diaryl/α,β-unsaturated/α-hetero) is 1. The van der Waals surface area contributed by atoms with E-state index in [0.29, 0.717) is 53.7 Å². The molecule has 7 rings (SSSR count). The SMILES string of the molecule is CC(C)C1=C2[C@H]3CC[C@@H]4[C@@]5(C)CC[C@H](OC(=O)CC(C)(C)C(=O)O)C(C)(C)[C@@H]5CC[C@@]4(C)[C@]3(C)CC[C@@]2(C(O)c2nnc(-c3ccc(Cl)cn3)n2CCN(C)C)CC1=O. The second kappa shape index (κ2) is 15.0. The summed E-state index contributed by atoms with van der Waals surface area (Å²) in [6.07, 6.45) is 7.70. The first-order valence-corrected chi connectivity index (χ1v) is 22.4. The number of ketones is 1. The summed E-state index contributed by atoms with van der Waals surface area (Å²) in [6, 6.07) is 3.62. The van der Waals surface area contributed by atoms with E-state index in [4.69, 9.17) is 21.4 Å². The predicted molar refractivity (Wildman–Crippen MR) is 227 cm³/mol. The molecule has 0 bridgehead atoms. The maximum Gasteiger partial charge on any atom is 0.309 e. The average Bonchev–Trinajstić information content (AvgIpc) is 3.70. The van der Waals surface area contributed by atoms with Gasteiger partial charge in [0.1, 0.15) is 17.9 Å². The molecule has 5 aliphatic rings. The van der Waals surface area contributed by atoms with Gasteiger partial charge in [-0.15, -0.1) is 10.2 Å². The van der Waals surface area contributed by atoms with Crippen LogP contribution in [0.3, 0.4) is 0 Å². The van der Waals surface area contributed by atoms with Crippen molar-refractivity contribution >= 4 is 29.3 Å². The molecule has 4 fully saturated rings. The Morgan fingerprint density at radius 1 is 0.983 bits per heavy atom. The van der Waals surface area contributed by atoms with E-state index in [2.05, 4.69) is 63.4 Å². The van der Waals surface area contributed by atoms with Crippen molar-refractivity contribution < 1.29 is 29.3 Å². The minimum absolute atomic E-state index is 0.0114. The highest BCUT2D eigenvalue weighted by Crippen LogP contribution is 2.77. The van der Waals surface area contributed by atoms with Crippen LogP contribution >= 0.6 is 11.6 Å². The molecule has 2 aromatic heterocycles. The zero-order chi connectivity index (χ0) is 43.2. The van der Waals surface area contributed by atoms with Crippen LogP contribution in [-0.4, -0.2) is 79.3 Å². The number of halogens is 1. The number of nitrogens with zero attached hydrogens (tertiary/aromatic N) is 5. The van der Waals surface area contributed by atoms with E-state index in [1.54, 1.807) is 26.1 Å². The summed E-state index contributed by atoms with van der Waals surface area (Å²) in [5.41, 5.74) is 0.347. The second-order valence-electron chi connectivity index (χ2n) is 21.7. The number of rotatable bonds is 11. The lowest BCUT2D eigenvalue weighted by Gasteiger charge is -2.72. The number of hydrogen-bond donors (Lipinski definition) is 2. The van der Waals surface area contributed by atoms with Crippen molar-refractivity contribution in [1.82, 2.24) is 24.6 Å². The highest BCUT2D eigenvalue weighted by molar-refractivity contribution is 6.30. The van der Waals surface area contributed by atoms with E-state index >= 15 is 0 Å². The molecule has 0 radical (unpaired) electrons. The standard InChI is InChI=1S/C47H68ClN5O6/c1-27(2)36-31(54)24-47(38(56)40-51-50-39(53(40)23-22-52(10)11)30-14-12-28(48)26-49-30)21-20-45(8)29(37(36)47)13-15-33-44(7)18-17-34(59-35(55)25-42(3,4)41(57)58)43(5,6)32(44)16-19-46(33,45)9/h12,14,26-27,29,32-34,38,56H,13,15-25H2,1-11H3,(H,57,58)/t29-,32+,33-,34+,38?,44+,45-,46-,47-/m1/s1. The Morgan fingerprint density at radius 2 is 1.69 bits per heavy atom. The molecule has 0 spiro atoms. The minimum atomic E-state index is -1.19. The van der Waals surface area contributed by atoms with E-state index in [1.165, 1.54) is 5.57 Å².